The van der Waals surface area contributed by atoms with Crippen molar-refractivity contribution < 1.29 is 18.7 Å². The molecule has 1 amide bonds. The minimum atomic E-state index is -0.915. The fourth-order valence-corrected chi connectivity index (χ4v) is 1.48. The molecule has 3 nitrogen and oxygen atoms in total. The Morgan fingerprint density at radius 2 is 2.00 bits per heavy atom. The van der Waals surface area contributed by atoms with Gasteiger partial charge in [-0.2, -0.15) is 0 Å². The lowest BCUT2D eigenvalue weighted by atomic mass is 9.98. The van der Waals surface area contributed by atoms with Crippen molar-refractivity contribution in [1.29, 1.82) is 0 Å². The number of carbonyl (C=O) groups excluding carboxylic acids is 1. The lowest BCUT2D eigenvalue weighted by molar-refractivity contribution is -0.123. The smallest absolute Gasteiger partial charge is 0.220 e. The van der Waals surface area contributed by atoms with Crippen molar-refractivity contribution in [2.75, 3.05) is 0 Å². The number of aliphatic hydroxyl groups excluding tert-OH is 1. The summed E-state index contributed by atoms with van der Waals surface area (Å²) >= 11 is 0. The van der Waals surface area contributed by atoms with Gasteiger partial charge in [0.1, 0.15) is 0 Å². The number of benzene rings is 1. The van der Waals surface area contributed by atoms with Crippen LogP contribution in [0.4, 0.5) is 8.78 Å². The van der Waals surface area contributed by atoms with E-state index < -0.39 is 23.3 Å². The molecule has 1 aromatic carbocycles. The van der Waals surface area contributed by atoms with Crippen LogP contribution in [0.5, 0.6) is 0 Å². The fourth-order valence-electron chi connectivity index (χ4n) is 1.48. The highest BCUT2D eigenvalue weighted by Gasteiger charge is 2.25. The minimum Gasteiger partial charge on any atom is -0.391 e. The number of nitrogens with one attached hydrogen (secondary N) is 1. The Morgan fingerprint density at radius 3 is 2.53 bits per heavy atom. The summed E-state index contributed by atoms with van der Waals surface area (Å²) in [7, 11) is 0. The van der Waals surface area contributed by atoms with Crippen LogP contribution in [0.3, 0.4) is 0 Å². The second kappa shape index (κ2) is 6.10. The number of carbonyl (C=O) groups is 1. The third-order valence-electron chi connectivity index (χ3n) is 3.13. The Hall–Kier alpha value is -1.49. The maximum absolute atomic E-state index is 13.0. The van der Waals surface area contributed by atoms with Gasteiger partial charge in [0.25, 0.3) is 0 Å². The first-order chi connectivity index (χ1) is 8.72. The van der Waals surface area contributed by atoms with E-state index in [1.54, 1.807) is 20.8 Å². The van der Waals surface area contributed by atoms with Crippen molar-refractivity contribution in [1.82, 2.24) is 5.32 Å². The van der Waals surface area contributed by atoms with Crippen LogP contribution in [0.25, 0.3) is 0 Å². The highest BCUT2D eigenvalue weighted by Crippen LogP contribution is 2.12. The van der Waals surface area contributed by atoms with Gasteiger partial charge in [-0.3, -0.25) is 4.79 Å². The largest absolute Gasteiger partial charge is 0.391 e. The van der Waals surface area contributed by atoms with Gasteiger partial charge >= 0.3 is 0 Å². The third kappa shape index (κ3) is 4.59. The van der Waals surface area contributed by atoms with Crippen molar-refractivity contribution in [3.8, 4) is 0 Å². The van der Waals surface area contributed by atoms with Gasteiger partial charge in [0.05, 0.1) is 11.6 Å². The van der Waals surface area contributed by atoms with Crippen molar-refractivity contribution in [2.24, 2.45) is 0 Å². The van der Waals surface area contributed by atoms with E-state index in [0.29, 0.717) is 12.0 Å². The Kier molecular flexibility index (Phi) is 5.00. The topological polar surface area (TPSA) is 49.3 Å². The Labute approximate surface area is 111 Å². The molecule has 0 saturated carbocycles. The molecule has 0 aromatic heterocycles. The van der Waals surface area contributed by atoms with Gasteiger partial charge in [-0.05, 0) is 44.9 Å². The number of aliphatic hydroxyl groups is 1. The van der Waals surface area contributed by atoms with Gasteiger partial charge in [0.15, 0.2) is 11.6 Å². The third-order valence-corrected chi connectivity index (χ3v) is 3.13. The quantitative estimate of drug-likeness (QED) is 0.862. The molecule has 1 rings (SSSR count). The Bertz CT molecular complexity index is 459. The highest BCUT2D eigenvalue weighted by molar-refractivity contribution is 5.77. The Balaban J connectivity index is 2.53. The molecule has 0 fully saturated rings. The first-order valence-electron chi connectivity index (χ1n) is 6.15. The summed E-state index contributed by atoms with van der Waals surface area (Å²) in [4.78, 5) is 11.7. The number of aryl methyl sites for hydroxylation is 1. The van der Waals surface area contributed by atoms with Crippen molar-refractivity contribution in [3.63, 3.8) is 0 Å². The molecule has 0 aliphatic rings. The van der Waals surface area contributed by atoms with Crippen LogP contribution in [0.1, 0.15) is 32.8 Å². The molecule has 0 bridgehead atoms. The highest BCUT2D eigenvalue weighted by atomic mass is 19.2. The standard InChI is InChI=1S/C14H19F2NO2/c1-9(18)14(2,3)17-13(19)7-5-10-4-6-11(15)12(16)8-10/h4,6,8-9,18H,5,7H2,1-3H3,(H,17,19). The van der Waals surface area contributed by atoms with Gasteiger partial charge in [0, 0.05) is 6.42 Å². The predicted octanol–water partition coefficient (Wildman–Crippen LogP) is 2.17. The normalized spacial score (nSPS) is 13.2. The average Bonchev–Trinajstić information content (AvgIpc) is 2.30. The summed E-state index contributed by atoms with van der Waals surface area (Å²) in [5.41, 5.74) is -0.158. The average molecular weight is 271 g/mol. The molecular weight excluding hydrogens is 252 g/mol. The monoisotopic (exact) mass is 271 g/mol. The van der Waals surface area contributed by atoms with E-state index in [0.717, 1.165) is 12.1 Å². The molecule has 1 unspecified atom stereocenters. The second-order valence-corrected chi connectivity index (χ2v) is 5.19. The maximum atomic E-state index is 13.0. The SMILES string of the molecule is CC(O)C(C)(C)NC(=O)CCc1ccc(F)c(F)c1. The molecule has 19 heavy (non-hydrogen) atoms. The molecule has 2 N–H and O–H groups in total. The van der Waals surface area contributed by atoms with Crippen LogP contribution in [0.2, 0.25) is 0 Å². The van der Waals surface area contributed by atoms with E-state index in [4.69, 9.17) is 0 Å². The van der Waals surface area contributed by atoms with Gasteiger partial charge in [0.2, 0.25) is 5.91 Å². The molecule has 1 atom stereocenters. The lowest BCUT2D eigenvalue weighted by Gasteiger charge is -2.29. The molecule has 106 valence electrons. The van der Waals surface area contributed by atoms with Crippen LogP contribution in [0.15, 0.2) is 18.2 Å². The number of amides is 1. The summed E-state index contributed by atoms with van der Waals surface area (Å²) in [6.07, 6.45) is -0.208. The molecule has 5 heteroatoms. The van der Waals surface area contributed by atoms with Gasteiger partial charge in [-0.1, -0.05) is 6.07 Å². The molecule has 0 spiro atoms. The second-order valence-electron chi connectivity index (χ2n) is 5.19. The number of hydrogen-bond donors (Lipinski definition) is 2. The van der Waals surface area contributed by atoms with Gasteiger partial charge in [-0.25, -0.2) is 8.78 Å². The summed E-state index contributed by atoms with van der Waals surface area (Å²) in [5.74, 6) is -2.05. The van der Waals surface area contributed by atoms with Gasteiger partial charge < -0.3 is 10.4 Å². The number of hydrogen-bond acceptors (Lipinski definition) is 2. The maximum Gasteiger partial charge on any atom is 0.220 e. The van der Waals surface area contributed by atoms with E-state index in [-0.39, 0.29) is 12.3 Å². The fraction of sp³-hybridized carbons (Fsp3) is 0.500. The van der Waals surface area contributed by atoms with E-state index in [1.807, 2.05) is 0 Å². The van der Waals surface area contributed by atoms with Crippen molar-refractivity contribution in [2.45, 2.75) is 45.3 Å². The number of rotatable bonds is 5. The zero-order valence-corrected chi connectivity index (χ0v) is 11.3. The molecule has 0 heterocycles. The van der Waals surface area contributed by atoms with Crippen LogP contribution < -0.4 is 5.32 Å². The molecule has 0 aliphatic heterocycles. The van der Waals surface area contributed by atoms with Crippen LogP contribution in [-0.2, 0) is 11.2 Å². The molecule has 0 radical (unpaired) electrons. The van der Waals surface area contributed by atoms with E-state index in [1.165, 1.54) is 6.07 Å². The predicted molar refractivity (Wildman–Crippen MR) is 68.6 cm³/mol. The summed E-state index contributed by atoms with van der Waals surface area (Å²) in [6, 6.07) is 3.58. The zero-order chi connectivity index (χ0) is 14.6. The zero-order valence-electron chi connectivity index (χ0n) is 11.3. The lowest BCUT2D eigenvalue weighted by Crippen LogP contribution is -2.51. The van der Waals surface area contributed by atoms with Crippen molar-refractivity contribution >= 4 is 5.91 Å². The van der Waals surface area contributed by atoms with Crippen LogP contribution in [0, 0.1) is 11.6 Å². The van der Waals surface area contributed by atoms with Crippen molar-refractivity contribution in [3.05, 3.63) is 35.4 Å². The number of halogens is 2. The summed E-state index contributed by atoms with van der Waals surface area (Å²) in [6.45, 7) is 5.02. The summed E-state index contributed by atoms with van der Waals surface area (Å²) < 4.78 is 25.7. The van der Waals surface area contributed by atoms with Gasteiger partial charge in [-0.15, -0.1) is 0 Å². The van der Waals surface area contributed by atoms with Crippen LogP contribution >= 0.6 is 0 Å². The first kappa shape index (κ1) is 15.6. The van der Waals surface area contributed by atoms with E-state index in [9.17, 15) is 18.7 Å². The Morgan fingerprint density at radius 1 is 1.37 bits per heavy atom. The summed E-state index contributed by atoms with van der Waals surface area (Å²) in [5, 5.41) is 12.2. The first-order valence-corrected chi connectivity index (χ1v) is 6.15. The van der Waals surface area contributed by atoms with E-state index >= 15 is 0 Å². The van der Waals surface area contributed by atoms with Crippen LogP contribution in [-0.4, -0.2) is 22.7 Å². The van der Waals surface area contributed by atoms with E-state index in [2.05, 4.69) is 5.32 Å². The minimum absolute atomic E-state index is 0.154. The molecule has 0 saturated heterocycles. The molecule has 0 aliphatic carbocycles. The molecular formula is C14H19F2NO2. The molecule has 1 aromatic rings.